The number of alkyl halides is 3. The number of hydrogen-bond donors (Lipinski definition) is 1. The second-order valence-corrected chi connectivity index (χ2v) is 7.46. The largest absolute Gasteiger partial charge is 0.573 e. The average molecular weight is 396 g/mol. The highest BCUT2D eigenvalue weighted by Crippen LogP contribution is 2.34. The SMILES string of the molecule is O=c1c2c3c(sc2ncn1C[C@@H](O)c1ccc(OC(F)(F)F)cc1)CCC3. The summed E-state index contributed by atoms with van der Waals surface area (Å²) in [6.45, 7) is -0.0358. The predicted octanol–water partition coefficient (Wildman–Crippen LogP) is 3.58. The van der Waals surface area contributed by atoms with E-state index in [1.54, 1.807) is 0 Å². The summed E-state index contributed by atoms with van der Waals surface area (Å²) >= 11 is 1.54. The Hall–Kier alpha value is -2.39. The van der Waals surface area contributed by atoms with Gasteiger partial charge in [-0.2, -0.15) is 0 Å². The second-order valence-electron chi connectivity index (χ2n) is 6.37. The Morgan fingerprint density at radius 1 is 1.26 bits per heavy atom. The van der Waals surface area contributed by atoms with Gasteiger partial charge in [-0.1, -0.05) is 12.1 Å². The molecule has 142 valence electrons. The van der Waals surface area contributed by atoms with Gasteiger partial charge in [-0.25, -0.2) is 4.98 Å². The Labute approximate surface area is 155 Å². The number of rotatable bonds is 4. The molecule has 0 aliphatic heterocycles. The fourth-order valence-electron chi connectivity index (χ4n) is 3.33. The second kappa shape index (κ2) is 6.65. The highest BCUT2D eigenvalue weighted by Gasteiger charge is 2.31. The molecule has 0 spiro atoms. The van der Waals surface area contributed by atoms with Crippen molar-refractivity contribution in [1.29, 1.82) is 0 Å². The van der Waals surface area contributed by atoms with E-state index in [4.69, 9.17) is 0 Å². The van der Waals surface area contributed by atoms with E-state index in [9.17, 15) is 23.1 Å². The van der Waals surface area contributed by atoms with E-state index in [1.807, 2.05) is 0 Å². The maximum Gasteiger partial charge on any atom is 0.573 e. The van der Waals surface area contributed by atoms with Gasteiger partial charge >= 0.3 is 6.36 Å². The Kier molecular flexibility index (Phi) is 4.43. The molecule has 4 rings (SSSR count). The van der Waals surface area contributed by atoms with Crippen molar-refractivity contribution >= 4 is 21.6 Å². The molecule has 0 amide bonds. The van der Waals surface area contributed by atoms with Crippen molar-refractivity contribution in [2.75, 3.05) is 0 Å². The average Bonchev–Trinajstić information content (AvgIpc) is 3.17. The number of benzene rings is 1. The van der Waals surface area contributed by atoms with Gasteiger partial charge in [0.15, 0.2) is 0 Å². The lowest BCUT2D eigenvalue weighted by Gasteiger charge is -2.14. The minimum atomic E-state index is -4.77. The molecule has 0 saturated carbocycles. The number of ether oxygens (including phenoxy) is 1. The van der Waals surface area contributed by atoms with E-state index in [0.717, 1.165) is 37.0 Å². The molecule has 0 fully saturated rings. The standard InChI is InChI=1S/C18H15F3N2O3S/c19-18(20,21)26-11-6-4-10(5-7-11)13(24)8-23-9-22-16-15(17(23)25)12-2-1-3-14(12)27-16/h4-7,9,13,24H,1-3,8H2/t13-/m1/s1. The van der Waals surface area contributed by atoms with Crippen LogP contribution >= 0.6 is 11.3 Å². The predicted molar refractivity (Wildman–Crippen MR) is 94.0 cm³/mol. The van der Waals surface area contributed by atoms with Crippen molar-refractivity contribution in [2.45, 2.75) is 38.3 Å². The number of nitrogens with zero attached hydrogens (tertiary/aromatic N) is 2. The molecule has 9 heteroatoms. The highest BCUT2D eigenvalue weighted by molar-refractivity contribution is 7.18. The summed E-state index contributed by atoms with van der Waals surface area (Å²) < 4.78 is 41.8. The zero-order valence-electron chi connectivity index (χ0n) is 14.0. The normalized spacial score (nSPS) is 15.1. The van der Waals surface area contributed by atoms with Crippen LogP contribution < -0.4 is 10.3 Å². The van der Waals surface area contributed by atoms with Crippen LogP contribution in [-0.2, 0) is 19.4 Å². The maximum absolute atomic E-state index is 12.8. The molecule has 1 aliphatic carbocycles. The monoisotopic (exact) mass is 396 g/mol. The third-order valence-corrected chi connectivity index (χ3v) is 5.76. The van der Waals surface area contributed by atoms with E-state index >= 15 is 0 Å². The number of aryl methyl sites for hydroxylation is 2. The van der Waals surface area contributed by atoms with Crippen LogP contribution in [0.25, 0.3) is 10.2 Å². The third kappa shape index (κ3) is 3.57. The third-order valence-electron chi connectivity index (χ3n) is 4.56. The van der Waals surface area contributed by atoms with Gasteiger partial charge in [0.1, 0.15) is 10.6 Å². The van der Waals surface area contributed by atoms with Crippen LogP contribution in [0.15, 0.2) is 35.4 Å². The number of hydrogen-bond acceptors (Lipinski definition) is 5. The number of thiophene rings is 1. The Morgan fingerprint density at radius 2 is 2.00 bits per heavy atom. The molecule has 1 aromatic carbocycles. The fourth-order valence-corrected chi connectivity index (χ4v) is 4.55. The van der Waals surface area contributed by atoms with Crippen molar-refractivity contribution in [3.8, 4) is 5.75 Å². The summed E-state index contributed by atoms with van der Waals surface area (Å²) in [5.41, 5.74) is 1.24. The van der Waals surface area contributed by atoms with Crippen molar-refractivity contribution in [3.63, 3.8) is 0 Å². The molecule has 1 atom stereocenters. The highest BCUT2D eigenvalue weighted by atomic mass is 32.1. The Bertz CT molecular complexity index is 1040. The lowest BCUT2D eigenvalue weighted by molar-refractivity contribution is -0.274. The van der Waals surface area contributed by atoms with Gasteiger partial charge < -0.3 is 9.84 Å². The van der Waals surface area contributed by atoms with Gasteiger partial charge in [0.05, 0.1) is 24.4 Å². The molecule has 1 N–H and O–H groups in total. The number of aromatic nitrogens is 2. The molecule has 0 radical (unpaired) electrons. The van der Waals surface area contributed by atoms with Gasteiger partial charge in [-0.15, -0.1) is 24.5 Å². The van der Waals surface area contributed by atoms with Crippen molar-refractivity contribution in [2.24, 2.45) is 0 Å². The van der Waals surface area contributed by atoms with Crippen LogP contribution in [0, 0.1) is 0 Å². The van der Waals surface area contributed by atoms with Gasteiger partial charge in [-0.05, 0) is 42.5 Å². The molecular formula is C18H15F3N2O3S. The van der Waals surface area contributed by atoms with Crippen molar-refractivity contribution < 1.29 is 23.0 Å². The fraction of sp³-hybridized carbons (Fsp3) is 0.333. The molecule has 27 heavy (non-hydrogen) atoms. The molecular weight excluding hydrogens is 381 g/mol. The van der Waals surface area contributed by atoms with Crippen LogP contribution in [0.3, 0.4) is 0 Å². The number of aliphatic hydroxyl groups is 1. The van der Waals surface area contributed by atoms with Crippen LogP contribution in [0.2, 0.25) is 0 Å². The van der Waals surface area contributed by atoms with E-state index in [2.05, 4.69) is 9.72 Å². The number of fused-ring (bicyclic) bond motifs is 3. The Balaban J connectivity index is 1.57. The first-order chi connectivity index (χ1) is 12.8. The van der Waals surface area contributed by atoms with Crippen molar-refractivity contribution in [1.82, 2.24) is 9.55 Å². The quantitative estimate of drug-likeness (QED) is 0.732. The molecule has 0 bridgehead atoms. The first kappa shape index (κ1) is 18.0. The van der Waals surface area contributed by atoms with Crippen molar-refractivity contribution in [3.05, 3.63) is 57.0 Å². The van der Waals surface area contributed by atoms with E-state index in [1.165, 1.54) is 39.2 Å². The summed E-state index contributed by atoms with van der Waals surface area (Å²) in [4.78, 5) is 19.0. The van der Waals surface area contributed by atoms with E-state index in [0.29, 0.717) is 15.8 Å². The topological polar surface area (TPSA) is 64.4 Å². The minimum absolute atomic E-state index is 0.0358. The van der Waals surface area contributed by atoms with Crippen LogP contribution in [0.4, 0.5) is 13.2 Å². The summed E-state index contributed by atoms with van der Waals surface area (Å²) in [6.07, 6.45) is -1.57. The lowest BCUT2D eigenvalue weighted by Crippen LogP contribution is -2.24. The maximum atomic E-state index is 12.8. The molecule has 1 aliphatic rings. The molecule has 2 heterocycles. The first-order valence-electron chi connectivity index (χ1n) is 8.35. The molecule has 5 nitrogen and oxygen atoms in total. The zero-order valence-corrected chi connectivity index (χ0v) is 14.8. The summed E-state index contributed by atoms with van der Waals surface area (Å²) in [5, 5.41) is 11.0. The van der Waals surface area contributed by atoms with Gasteiger partial charge in [-0.3, -0.25) is 9.36 Å². The molecule has 0 saturated heterocycles. The molecule has 3 aromatic rings. The van der Waals surface area contributed by atoms with Crippen LogP contribution in [-0.4, -0.2) is 21.0 Å². The lowest BCUT2D eigenvalue weighted by atomic mass is 10.1. The summed E-state index contributed by atoms with van der Waals surface area (Å²) in [7, 11) is 0. The first-order valence-corrected chi connectivity index (χ1v) is 9.17. The smallest absolute Gasteiger partial charge is 0.406 e. The summed E-state index contributed by atoms with van der Waals surface area (Å²) in [6, 6.07) is 4.93. The molecule has 2 aromatic heterocycles. The van der Waals surface area contributed by atoms with Crippen LogP contribution in [0.5, 0.6) is 5.75 Å². The van der Waals surface area contributed by atoms with Gasteiger partial charge in [0.2, 0.25) is 0 Å². The number of aliphatic hydroxyl groups excluding tert-OH is 1. The zero-order chi connectivity index (χ0) is 19.2. The van der Waals surface area contributed by atoms with Crippen LogP contribution in [0.1, 0.15) is 28.5 Å². The van der Waals surface area contributed by atoms with Gasteiger partial charge in [0, 0.05) is 4.88 Å². The van der Waals surface area contributed by atoms with E-state index < -0.39 is 12.5 Å². The minimum Gasteiger partial charge on any atom is -0.406 e. The van der Waals surface area contributed by atoms with Gasteiger partial charge in [0.25, 0.3) is 5.56 Å². The molecule has 0 unspecified atom stereocenters. The summed E-state index contributed by atoms with van der Waals surface area (Å²) in [5.74, 6) is -0.368. The van der Waals surface area contributed by atoms with E-state index in [-0.39, 0.29) is 17.9 Å². The Morgan fingerprint density at radius 3 is 2.70 bits per heavy atom. The number of halogens is 3.